The summed E-state index contributed by atoms with van der Waals surface area (Å²) < 4.78 is 13.4. The van der Waals surface area contributed by atoms with Gasteiger partial charge in [-0.2, -0.15) is 5.10 Å². The predicted molar refractivity (Wildman–Crippen MR) is 107 cm³/mol. The maximum atomic E-state index is 13.4. The zero-order valence-electron chi connectivity index (χ0n) is 13.0. The molecule has 0 radical (unpaired) electrons. The van der Waals surface area contributed by atoms with Crippen molar-refractivity contribution in [3.63, 3.8) is 0 Å². The van der Waals surface area contributed by atoms with Crippen LogP contribution in [0.5, 0.6) is 0 Å². The van der Waals surface area contributed by atoms with Crippen molar-refractivity contribution in [3.8, 4) is 0 Å². The van der Waals surface area contributed by atoms with E-state index in [0.29, 0.717) is 37.7 Å². The third kappa shape index (κ3) is 4.51. The predicted octanol–water partition coefficient (Wildman–Crippen LogP) is 6.00. The van der Waals surface area contributed by atoms with Crippen molar-refractivity contribution in [1.29, 1.82) is 0 Å². The minimum absolute atomic E-state index is 0.329. The molecule has 0 spiro atoms. The van der Waals surface area contributed by atoms with Gasteiger partial charge >= 0.3 is 6.03 Å². The smallest absolute Gasteiger partial charge is 0.306 e. The number of thioether (sulfide) groups is 1. The van der Waals surface area contributed by atoms with Crippen molar-refractivity contribution in [2.24, 2.45) is 5.10 Å². The highest BCUT2D eigenvalue weighted by molar-refractivity contribution is 7.99. The van der Waals surface area contributed by atoms with Crippen molar-refractivity contribution in [2.75, 3.05) is 11.1 Å². The van der Waals surface area contributed by atoms with E-state index in [-0.39, 0.29) is 5.82 Å². The van der Waals surface area contributed by atoms with E-state index in [1.54, 1.807) is 18.2 Å². The molecule has 9 heteroatoms. The van der Waals surface area contributed by atoms with E-state index in [1.165, 1.54) is 36.2 Å². The topological polar surface area (TPSA) is 53.5 Å². The van der Waals surface area contributed by atoms with Crippen LogP contribution in [0.15, 0.2) is 52.0 Å². The quantitative estimate of drug-likeness (QED) is 0.464. The van der Waals surface area contributed by atoms with Gasteiger partial charge in [0, 0.05) is 27.5 Å². The van der Waals surface area contributed by atoms with E-state index in [1.807, 2.05) is 0 Å². The molecule has 0 atom stereocenters. The molecule has 1 aliphatic rings. The number of hydrogen-bond acceptors (Lipinski definition) is 3. The zero-order chi connectivity index (χ0) is 18.7. The summed E-state index contributed by atoms with van der Waals surface area (Å²) in [5.74, 6) is 0.205. The van der Waals surface area contributed by atoms with E-state index in [0.717, 1.165) is 4.90 Å². The first-order valence-corrected chi connectivity index (χ1v) is 9.42. The van der Waals surface area contributed by atoms with Gasteiger partial charge in [-0.1, -0.05) is 34.8 Å². The second-order valence-corrected chi connectivity index (χ2v) is 7.43. The number of halogens is 4. The number of carbonyl (C=O) groups is 1. The van der Waals surface area contributed by atoms with E-state index < -0.39 is 6.03 Å². The maximum absolute atomic E-state index is 13.4. The summed E-state index contributed by atoms with van der Waals surface area (Å²) in [5.41, 5.74) is 4.11. The Morgan fingerprint density at radius 3 is 2.73 bits per heavy atom. The fraction of sp³-hybridized carbons (Fsp3) is 0.0588. The first-order valence-electron chi connectivity index (χ1n) is 7.30. The number of hydrazone groups is 1. The Hall–Kier alpha value is -1.73. The summed E-state index contributed by atoms with van der Waals surface area (Å²) in [5, 5.41) is 7.58. The van der Waals surface area contributed by atoms with Crippen LogP contribution >= 0.6 is 46.6 Å². The molecular formula is C17H11Cl3FN3OS. The molecule has 0 saturated heterocycles. The molecular weight excluding hydrogens is 420 g/mol. The van der Waals surface area contributed by atoms with Crippen LogP contribution < -0.4 is 10.7 Å². The van der Waals surface area contributed by atoms with E-state index >= 15 is 0 Å². The number of amides is 2. The Balaban J connectivity index is 1.65. The first-order chi connectivity index (χ1) is 12.4. The Morgan fingerprint density at radius 1 is 1.15 bits per heavy atom. The standard InChI is InChI=1S/C17H11Cl3FN3OS/c18-13-3-2-11(6-14(13)19)23-17(25)24-22-7-9-8-26-15-4-1-10(21)5-12(15)16(9)20/h1-7H,8H2,(H2,23,24,25)/b22-7+. The van der Waals surface area contributed by atoms with Crippen molar-refractivity contribution in [2.45, 2.75) is 4.90 Å². The minimum atomic E-state index is -0.550. The average molecular weight is 431 g/mol. The molecule has 26 heavy (non-hydrogen) atoms. The molecule has 2 aromatic rings. The highest BCUT2D eigenvalue weighted by Crippen LogP contribution is 2.38. The molecule has 0 fully saturated rings. The lowest BCUT2D eigenvalue weighted by Crippen LogP contribution is -2.24. The van der Waals surface area contributed by atoms with Crippen LogP contribution in [0.4, 0.5) is 14.9 Å². The van der Waals surface area contributed by atoms with E-state index in [4.69, 9.17) is 34.8 Å². The van der Waals surface area contributed by atoms with E-state index in [2.05, 4.69) is 15.8 Å². The van der Waals surface area contributed by atoms with Crippen LogP contribution in [0.3, 0.4) is 0 Å². The van der Waals surface area contributed by atoms with Crippen molar-refractivity contribution < 1.29 is 9.18 Å². The van der Waals surface area contributed by atoms with Gasteiger partial charge in [0.05, 0.1) is 21.3 Å². The van der Waals surface area contributed by atoms with Gasteiger partial charge in [-0.3, -0.25) is 0 Å². The summed E-state index contributed by atoms with van der Waals surface area (Å²) in [7, 11) is 0. The summed E-state index contributed by atoms with van der Waals surface area (Å²) >= 11 is 19.5. The average Bonchev–Trinajstić information content (AvgIpc) is 2.60. The van der Waals surface area contributed by atoms with Crippen LogP contribution in [0.1, 0.15) is 5.56 Å². The van der Waals surface area contributed by atoms with Gasteiger partial charge in [-0.15, -0.1) is 11.8 Å². The number of urea groups is 1. The van der Waals surface area contributed by atoms with Gasteiger partial charge in [-0.25, -0.2) is 14.6 Å². The number of hydrogen-bond donors (Lipinski definition) is 2. The third-order valence-electron chi connectivity index (χ3n) is 3.41. The molecule has 2 amide bonds. The maximum Gasteiger partial charge on any atom is 0.339 e. The Labute approximate surface area is 168 Å². The molecule has 1 aliphatic heterocycles. The van der Waals surface area contributed by atoms with Crippen LogP contribution in [0, 0.1) is 5.82 Å². The van der Waals surface area contributed by atoms with Gasteiger partial charge in [0.25, 0.3) is 0 Å². The number of fused-ring (bicyclic) bond motifs is 1. The van der Waals surface area contributed by atoms with Crippen LogP contribution in [-0.2, 0) is 0 Å². The highest BCUT2D eigenvalue weighted by Gasteiger charge is 2.17. The van der Waals surface area contributed by atoms with E-state index in [9.17, 15) is 9.18 Å². The van der Waals surface area contributed by atoms with Crippen molar-refractivity contribution >= 4 is 69.5 Å². The normalized spacial score (nSPS) is 13.7. The molecule has 0 bridgehead atoms. The molecule has 0 unspecified atom stereocenters. The molecule has 0 saturated carbocycles. The van der Waals surface area contributed by atoms with Crippen LogP contribution in [0.25, 0.3) is 5.03 Å². The Kier molecular flexibility index (Phi) is 6.09. The second-order valence-electron chi connectivity index (χ2n) is 5.22. The summed E-state index contributed by atoms with van der Waals surface area (Å²) in [6.45, 7) is 0. The molecule has 134 valence electrons. The highest BCUT2D eigenvalue weighted by atomic mass is 35.5. The zero-order valence-corrected chi connectivity index (χ0v) is 16.1. The lowest BCUT2D eigenvalue weighted by molar-refractivity contribution is 0.252. The Morgan fingerprint density at radius 2 is 1.96 bits per heavy atom. The number of rotatable bonds is 3. The van der Waals surface area contributed by atoms with Crippen LogP contribution in [-0.4, -0.2) is 18.0 Å². The number of nitrogens with zero attached hydrogens (tertiary/aromatic N) is 1. The first kappa shape index (κ1) is 19.0. The summed E-state index contributed by atoms with van der Waals surface area (Å²) in [6, 6.07) is 8.62. The number of benzene rings is 2. The molecule has 3 rings (SSSR count). The molecule has 0 aromatic heterocycles. The molecule has 1 heterocycles. The minimum Gasteiger partial charge on any atom is -0.306 e. The fourth-order valence-electron chi connectivity index (χ4n) is 2.19. The van der Waals surface area contributed by atoms with Gasteiger partial charge in [0.2, 0.25) is 0 Å². The number of carbonyl (C=O) groups excluding carboxylic acids is 1. The van der Waals surface area contributed by atoms with Gasteiger partial charge in [-0.05, 0) is 36.4 Å². The number of nitrogens with one attached hydrogen (secondary N) is 2. The second kappa shape index (κ2) is 8.31. The van der Waals surface area contributed by atoms with Gasteiger partial charge in [0.15, 0.2) is 0 Å². The molecule has 0 aliphatic carbocycles. The van der Waals surface area contributed by atoms with Gasteiger partial charge in [0.1, 0.15) is 5.82 Å². The monoisotopic (exact) mass is 429 g/mol. The molecule has 2 aromatic carbocycles. The SMILES string of the molecule is O=C(N/N=C/C1=C(Cl)c2cc(F)ccc2SC1)Nc1ccc(Cl)c(Cl)c1. The van der Waals surface area contributed by atoms with Crippen molar-refractivity contribution in [3.05, 3.63) is 63.4 Å². The third-order valence-corrected chi connectivity index (χ3v) is 5.71. The summed E-state index contributed by atoms with van der Waals surface area (Å²) in [4.78, 5) is 12.8. The largest absolute Gasteiger partial charge is 0.339 e. The lowest BCUT2D eigenvalue weighted by atomic mass is 10.1. The fourth-order valence-corrected chi connectivity index (χ4v) is 3.90. The van der Waals surface area contributed by atoms with Gasteiger partial charge < -0.3 is 5.32 Å². The number of anilines is 1. The lowest BCUT2D eigenvalue weighted by Gasteiger charge is -2.16. The van der Waals surface area contributed by atoms with Crippen molar-refractivity contribution in [1.82, 2.24) is 5.43 Å². The Bertz CT molecular complexity index is 933. The molecule has 4 nitrogen and oxygen atoms in total. The van der Waals surface area contributed by atoms with Crippen LogP contribution in [0.2, 0.25) is 10.0 Å². The molecule has 2 N–H and O–H groups in total. The summed E-state index contributed by atoms with van der Waals surface area (Å²) in [6.07, 6.45) is 1.44.